The third-order valence-electron chi connectivity index (χ3n) is 4.15. The van der Waals surface area contributed by atoms with Crippen molar-refractivity contribution in [3.05, 3.63) is 63.1 Å². The molecule has 0 fully saturated rings. The number of carbonyl (C=O) groups is 2. The Kier molecular flexibility index (Phi) is 7.68. The van der Waals surface area contributed by atoms with Crippen molar-refractivity contribution in [2.24, 2.45) is 0 Å². The highest BCUT2D eigenvalue weighted by molar-refractivity contribution is 9.10. The van der Waals surface area contributed by atoms with Crippen LogP contribution in [-0.2, 0) is 16.1 Å². The fourth-order valence-corrected chi connectivity index (χ4v) is 3.12. The van der Waals surface area contributed by atoms with Gasteiger partial charge in [-0.2, -0.15) is 0 Å². The van der Waals surface area contributed by atoms with Gasteiger partial charge >= 0.3 is 0 Å². The van der Waals surface area contributed by atoms with Crippen molar-refractivity contribution in [1.29, 1.82) is 0 Å². The molecule has 2 rings (SSSR count). The molecule has 1 N–H and O–H groups in total. The Bertz CT molecular complexity index is 829. The number of nitrogens with zero attached hydrogens (tertiary/aromatic N) is 1. The molecule has 27 heavy (non-hydrogen) atoms. The van der Waals surface area contributed by atoms with Gasteiger partial charge in [-0.25, -0.2) is 0 Å². The van der Waals surface area contributed by atoms with E-state index in [1.807, 2.05) is 31.2 Å². The van der Waals surface area contributed by atoms with Gasteiger partial charge in [-0.15, -0.1) is 0 Å². The van der Waals surface area contributed by atoms with E-state index in [2.05, 4.69) is 21.2 Å². The minimum Gasteiger partial charge on any atom is -0.484 e. The molecule has 0 aliphatic carbocycles. The molecule has 2 amide bonds. The zero-order valence-corrected chi connectivity index (χ0v) is 17.8. The number of hydrogen-bond donors (Lipinski definition) is 1. The van der Waals surface area contributed by atoms with Crippen LogP contribution in [0.5, 0.6) is 5.75 Å². The second-order valence-corrected chi connectivity index (χ2v) is 7.46. The molecule has 144 valence electrons. The highest BCUT2D eigenvalue weighted by Gasteiger charge is 2.25. The SMILES string of the molecule is CNC(=O)[C@@H](C)N(Cc1cccc(Br)c1)C(=O)COc1ccc(Cl)c(C)c1. The normalized spacial score (nSPS) is 11.6. The van der Waals surface area contributed by atoms with Crippen LogP contribution in [0.1, 0.15) is 18.1 Å². The number of hydrogen-bond acceptors (Lipinski definition) is 3. The summed E-state index contributed by atoms with van der Waals surface area (Å²) >= 11 is 9.43. The van der Waals surface area contributed by atoms with Crippen LogP contribution in [0.15, 0.2) is 46.9 Å². The van der Waals surface area contributed by atoms with Gasteiger partial charge in [0.2, 0.25) is 5.91 Å². The van der Waals surface area contributed by atoms with E-state index in [1.54, 1.807) is 32.2 Å². The number of aryl methyl sites for hydroxylation is 1. The summed E-state index contributed by atoms with van der Waals surface area (Å²) in [5, 5.41) is 3.22. The number of halogens is 2. The van der Waals surface area contributed by atoms with Gasteiger partial charge in [0.25, 0.3) is 5.91 Å². The monoisotopic (exact) mass is 452 g/mol. The van der Waals surface area contributed by atoms with Crippen molar-refractivity contribution in [1.82, 2.24) is 10.2 Å². The molecule has 0 aliphatic rings. The van der Waals surface area contributed by atoms with E-state index in [-0.39, 0.29) is 18.4 Å². The summed E-state index contributed by atoms with van der Waals surface area (Å²) in [5.41, 5.74) is 1.78. The largest absolute Gasteiger partial charge is 0.484 e. The van der Waals surface area contributed by atoms with Crippen LogP contribution < -0.4 is 10.1 Å². The van der Waals surface area contributed by atoms with Crippen molar-refractivity contribution in [3.8, 4) is 5.75 Å². The average Bonchev–Trinajstić information content (AvgIpc) is 2.65. The Labute approximate surface area is 172 Å². The first-order chi connectivity index (χ1) is 12.8. The molecule has 0 bridgehead atoms. The number of ether oxygens (including phenoxy) is 1. The smallest absolute Gasteiger partial charge is 0.261 e. The minimum atomic E-state index is -0.628. The Hall–Kier alpha value is -2.05. The molecule has 0 spiro atoms. The second kappa shape index (κ2) is 9.76. The first-order valence-corrected chi connectivity index (χ1v) is 9.63. The number of amides is 2. The lowest BCUT2D eigenvalue weighted by atomic mass is 10.1. The van der Waals surface area contributed by atoms with Crippen LogP contribution in [0.4, 0.5) is 0 Å². The van der Waals surface area contributed by atoms with E-state index < -0.39 is 6.04 Å². The van der Waals surface area contributed by atoms with Crippen LogP contribution in [0.25, 0.3) is 0 Å². The second-order valence-electron chi connectivity index (χ2n) is 6.14. The van der Waals surface area contributed by atoms with Crippen LogP contribution in [0, 0.1) is 6.92 Å². The third kappa shape index (κ3) is 5.97. The fourth-order valence-electron chi connectivity index (χ4n) is 2.56. The third-order valence-corrected chi connectivity index (χ3v) is 5.06. The number of carbonyl (C=O) groups excluding carboxylic acids is 2. The van der Waals surface area contributed by atoms with Crippen molar-refractivity contribution in [2.45, 2.75) is 26.4 Å². The molecule has 1 atom stereocenters. The maximum atomic E-state index is 12.8. The van der Waals surface area contributed by atoms with Gasteiger partial charge in [0, 0.05) is 23.1 Å². The van der Waals surface area contributed by atoms with E-state index in [0.717, 1.165) is 15.6 Å². The zero-order valence-electron chi connectivity index (χ0n) is 15.5. The molecular weight excluding hydrogens is 432 g/mol. The summed E-state index contributed by atoms with van der Waals surface area (Å²) in [6.45, 7) is 3.69. The molecule has 2 aromatic carbocycles. The minimum absolute atomic E-state index is 0.170. The van der Waals surface area contributed by atoms with Crippen LogP contribution in [0.3, 0.4) is 0 Å². The van der Waals surface area contributed by atoms with E-state index in [4.69, 9.17) is 16.3 Å². The van der Waals surface area contributed by atoms with Gasteiger partial charge in [-0.05, 0) is 55.3 Å². The Morgan fingerprint density at radius 2 is 2.00 bits per heavy atom. The quantitative estimate of drug-likeness (QED) is 0.690. The van der Waals surface area contributed by atoms with E-state index >= 15 is 0 Å². The van der Waals surface area contributed by atoms with Crippen molar-refractivity contribution < 1.29 is 14.3 Å². The summed E-state index contributed by atoms with van der Waals surface area (Å²) in [5.74, 6) is 0.0413. The Balaban J connectivity index is 2.14. The van der Waals surface area contributed by atoms with Gasteiger partial charge in [0.05, 0.1) is 0 Å². The van der Waals surface area contributed by atoms with Crippen molar-refractivity contribution in [3.63, 3.8) is 0 Å². The molecule has 0 aromatic heterocycles. The number of likely N-dealkylation sites (N-methyl/N-ethyl adjacent to an activating group) is 1. The molecule has 5 nitrogen and oxygen atoms in total. The molecule has 0 saturated carbocycles. The van der Waals surface area contributed by atoms with Crippen molar-refractivity contribution in [2.75, 3.05) is 13.7 Å². The molecule has 0 radical (unpaired) electrons. The standard InChI is InChI=1S/C20H22BrClN2O3/c1-13-9-17(7-8-18(13)22)27-12-19(25)24(14(2)20(26)23-3)11-15-5-4-6-16(21)10-15/h4-10,14H,11-12H2,1-3H3,(H,23,26)/t14-/m1/s1. The lowest BCUT2D eigenvalue weighted by molar-refractivity contribution is -0.142. The number of nitrogens with one attached hydrogen (secondary N) is 1. The maximum absolute atomic E-state index is 12.8. The van der Waals surface area contributed by atoms with Gasteiger partial charge in [-0.3, -0.25) is 9.59 Å². The molecule has 0 unspecified atom stereocenters. The lowest BCUT2D eigenvalue weighted by Gasteiger charge is -2.28. The summed E-state index contributed by atoms with van der Waals surface area (Å²) < 4.78 is 6.53. The highest BCUT2D eigenvalue weighted by atomic mass is 79.9. The Morgan fingerprint density at radius 1 is 1.26 bits per heavy atom. The molecule has 7 heteroatoms. The number of benzene rings is 2. The summed E-state index contributed by atoms with van der Waals surface area (Å²) in [4.78, 5) is 26.4. The van der Waals surface area contributed by atoms with Crippen LogP contribution in [0.2, 0.25) is 5.02 Å². The predicted octanol–water partition coefficient (Wildman–Crippen LogP) is 3.95. The molecule has 2 aromatic rings. The molecule has 0 aliphatic heterocycles. The van der Waals surface area contributed by atoms with Gasteiger partial charge in [0.1, 0.15) is 11.8 Å². The summed E-state index contributed by atoms with van der Waals surface area (Å²) in [7, 11) is 1.55. The average molecular weight is 454 g/mol. The van der Waals surface area contributed by atoms with Crippen molar-refractivity contribution >= 4 is 39.3 Å². The van der Waals surface area contributed by atoms with Crippen LogP contribution in [-0.4, -0.2) is 36.4 Å². The molecular formula is C20H22BrClN2O3. The highest BCUT2D eigenvalue weighted by Crippen LogP contribution is 2.21. The lowest BCUT2D eigenvalue weighted by Crippen LogP contribution is -2.48. The number of rotatable bonds is 7. The molecule has 0 saturated heterocycles. The van der Waals surface area contributed by atoms with E-state index in [9.17, 15) is 9.59 Å². The topological polar surface area (TPSA) is 58.6 Å². The summed E-state index contributed by atoms with van der Waals surface area (Å²) in [6, 6.07) is 12.2. The van der Waals surface area contributed by atoms with Gasteiger partial charge < -0.3 is 15.0 Å². The Morgan fingerprint density at radius 3 is 2.63 bits per heavy atom. The first-order valence-electron chi connectivity index (χ1n) is 8.46. The van der Waals surface area contributed by atoms with Gasteiger partial charge in [0.15, 0.2) is 6.61 Å². The zero-order chi connectivity index (χ0) is 20.0. The van der Waals surface area contributed by atoms with Gasteiger partial charge in [-0.1, -0.05) is 39.7 Å². The van der Waals surface area contributed by atoms with E-state index in [1.165, 1.54) is 4.90 Å². The fraction of sp³-hybridized carbons (Fsp3) is 0.300. The van der Waals surface area contributed by atoms with Crippen LogP contribution >= 0.6 is 27.5 Å². The van der Waals surface area contributed by atoms with E-state index in [0.29, 0.717) is 17.3 Å². The molecule has 0 heterocycles. The predicted molar refractivity (Wildman–Crippen MR) is 110 cm³/mol. The first kappa shape index (κ1) is 21.3. The maximum Gasteiger partial charge on any atom is 0.261 e. The summed E-state index contributed by atoms with van der Waals surface area (Å²) in [6.07, 6.45) is 0.